The van der Waals surface area contributed by atoms with Crippen LogP contribution in [0.1, 0.15) is 29.8 Å². The fraction of sp³-hybridized carbons (Fsp3) is 0.533. The SMILES string of the molecule is CNC(=O)CC1(COC)CCCN1C(=O)c1cccc(=O)[nH]1. The number of likely N-dealkylation sites (tertiary alicyclic amines) is 1. The lowest BCUT2D eigenvalue weighted by Gasteiger charge is -2.37. The zero-order chi connectivity index (χ0) is 16.2. The van der Waals surface area contributed by atoms with Gasteiger partial charge in [0.25, 0.3) is 5.91 Å². The molecule has 0 aliphatic carbocycles. The number of nitrogens with one attached hydrogen (secondary N) is 2. The van der Waals surface area contributed by atoms with Gasteiger partial charge in [0.2, 0.25) is 11.5 Å². The molecule has 0 saturated carbocycles. The number of aromatic nitrogens is 1. The van der Waals surface area contributed by atoms with Gasteiger partial charge >= 0.3 is 0 Å². The summed E-state index contributed by atoms with van der Waals surface area (Å²) in [6.07, 6.45) is 1.67. The van der Waals surface area contributed by atoms with Gasteiger partial charge in [0, 0.05) is 26.8 Å². The van der Waals surface area contributed by atoms with Gasteiger partial charge in [0.1, 0.15) is 5.69 Å². The van der Waals surface area contributed by atoms with Crippen molar-refractivity contribution in [2.45, 2.75) is 24.8 Å². The van der Waals surface area contributed by atoms with Crippen molar-refractivity contribution in [3.8, 4) is 0 Å². The van der Waals surface area contributed by atoms with Gasteiger partial charge in [0.15, 0.2) is 0 Å². The van der Waals surface area contributed by atoms with Crippen molar-refractivity contribution in [2.75, 3.05) is 27.3 Å². The van der Waals surface area contributed by atoms with Crippen LogP contribution < -0.4 is 10.9 Å². The van der Waals surface area contributed by atoms with Crippen LogP contribution in [0.25, 0.3) is 0 Å². The smallest absolute Gasteiger partial charge is 0.270 e. The van der Waals surface area contributed by atoms with Crippen LogP contribution in [0.4, 0.5) is 0 Å². The molecule has 7 nitrogen and oxygen atoms in total. The molecule has 7 heteroatoms. The lowest BCUT2D eigenvalue weighted by molar-refractivity contribution is -0.123. The second-order valence-corrected chi connectivity index (χ2v) is 5.50. The van der Waals surface area contributed by atoms with Gasteiger partial charge in [-0.25, -0.2) is 0 Å². The number of rotatable bonds is 5. The summed E-state index contributed by atoms with van der Waals surface area (Å²) >= 11 is 0. The maximum atomic E-state index is 12.7. The number of nitrogens with zero attached hydrogens (tertiary/aromatic N) is 1. The molecule has 0 aromatic carbocycles. The van der Waals surface area contributed by atoms with Crippen LogP contribution in [0.5, 0.6) is 0 Å². The standard InChI is InChI=1S/C15H21N3O4/c1-16-13(20)9-15(10-22-2)7-4-8-18(15)14(21)11-5-3-6-12(19)17-11/h3,5-6H,4,7-10H2,1-2H3,(H,16,20)(H,17,19). The summed E-state index contributed by atoms with van der Waals surface area (Å²) in [5.74, 6) is -0.422. The predicted molar refractivity (Wildman–Crippen MR) is 80.6 cm³/mol. The Morgan fingerprint density at radius 2 is 2.23 bits per heavy atom. The van der Waals surface area contributed by atoms with Crippen LogP contribution in [-0.4, -0.2) is 54.5 Å². The first-order valence-corrected chi connectivity index (χ1v) is 7.23. The second-order valence-electron chi connectivity index (χ2n) is 5.50. The molecule has 0 radical (unpaired) electrons. The highest BCUT2D eigenvalue weighted by atomic mass is 16.5. The van der Waals surface area contributed by atoms with Gasteiger partial charge in [0.05, 0.1) is 18.6 Å². The molecule has 2 heterocycles. The topological polar surface area (TPSA) is 91.5 Å². The van der Waals surface area contributed by atoms with E-state index < -0.39 is 5.54 Å². The summed E-state index contributed by atoms with van der Waals surface area (Å²) in [5.41, 5.74) is -0.765. The van der Waals surface area contributed by atoms with Crippen molar-refractivity contribution in [2.24, 2.45) is 0 Å². The molecular weight excluding hydrogens is 286 g/mol. The Bertz CT molecular complexity index is 613. The molecule has 0 bridgehead atoms. The van der Waals surface area contributed by atoms with Gasteiger partial charge in [-0.05, 0) is 18.9 Å². The monoisotopic (exact) mass is 307 g/mol. The van der Waals surface area contributed by atoms with E-state index in [4.69, 9.17) is 4.74 Å². The van der Waals surface area contributed by atoms with Crippen LogP contribution in [0.3, 0.4) is 0 Å². The van der Waals surface area contributed by atoms with Gasteiger partial charge in [-0.3, -0.25) is 14.4 Å². The molecule has 1 saturated heterocycles. The van der Waals surface area contributed by atoms with Crippen molar-refractivity contribution in [1.29, 1.82) is 0 Å². The predicted octanol–water partition coefficient (Wildman–Crippen LogP) is 0.132. The molecule has 1 atom stereocenters. The number of ether oxygens (including phenoxy) is 1. The van der Waals surface area contributed by atoms with Gasteiger partial charge < -0.3 is 19.9 Å². The van der Waals surface area contributed by atoms with Crippen LogP contribution >= 0.6 is 0 Å². The molecule has 120 valence electrons. The molecule has 1 aliphatic heterocycles. The number of hydrogen-bond acceptors (Lipinski definition) is 4. The third-order valence-corrected chi connectivity index (χ3v) is 4.02. The Hall–Kier alpha value is -2.15. The summed E-state index contributed by atoms with van der Waals surface area (Å²) < 4.78 is 5.27. The van der Waals surface area contributed by atoms with Crippen LogP contribution in [-0.2, 0) is 9.53 Å². The summed E-state index contributed by atoms with van der Waals surface area (Å²) in [5, 5.41) is 2.59. The Morgan fingerprint density at radius 3 is 2.86 bits per heavy atom. The number of H-pyrrole nitrogens is 1. The van der Waals surface area contributed by atoms with Crippen molar-refractivity contribution in [1.82, 2.24) is 15.2 Å². The molecule has 1 aliphatic rings. The quantitative estimate of drug-likeness (QED) is 0.809. The highest BCUT2D eigenvalue weighted by molar-refractivity contribution is 5.93. The molecule has 1 fully saturated rings. The Kier molecular flexibility index (Phi) is 4.97. The Morgan fingerprint density at radius 1 is 1.45 bits per heavy atom. The first-order chi connectivity index (χ1) is 10.5. The number of amides is 2. The van der Waals surface area contributed by atoms with E-state index in [1.54, 1.807) is 31.2 Å². The van der Waals surface area contributed by atoms with Crippen LogP contribution in [0.15, 0.2) is 23.0 Å². The summed E-state index contributed by atoms with van der Waals surface area (Å²) in [6.45, 7) is 0.819. The third kappa shape index (κ3) is 3.19. The maximum Gasteiger partial charge on any atom is 0.270 e. The molecule has 1 unspecified atom stereocenters. The number of carbonyl (C=O) groups is 2. The zero-order valence-electron chi connectivity index (χ0n) is 12.8. The van der Waals surface area contributed by atoms with E-state index in [0.29, 0.717) is 13.0 Å². The number of carbonyl (C=O) groups excluding carboxylic acids is 2. The second kappa shape index (κ2) is 6.74. The summed E-state index contributed by atoms with van der Waals surface area (Å²) in [6, 6.07) is 4.46. The number of aromatic amines is 1. The Balaban J connectivity index is 2.31. The van der Waals surface area contributed by atoms with Gasteiger partial charge in [-0.2, -0.15) is 0 Å². The van der Waals surface area contributed by atoms with Crippen LogP contribution in [0, 0.1) is 0 Å². The highest BCUT2D eigenvalue weighted by Crippen LogP contribution is 2.34. The zero-order valence-corrected chi connectivity index (χ0v) is 12.8. The highest BCUT2D eigenvalue weighted by Gasteiger charge is 2.45. The van der Waals surface area contributed by atoms with Crippen LogP contribution in [0.2, 0.25) is 0 Å². The van der Waals surface area contributed by atoms with E-state index in [9.17, 15) is 14.4 Å². The molecular formula is C15H21N3O4. The molecule has 22 heavy (non-hydrogen) atoms. The van der Waals surface area contributed by atoms with E-state index in [-0.39, 0.29) is 36.1 Å². The lowest BCUT2D eigenvalue weighted by atomic mass is 9.92. The largest absolute Gasteiger partial charge is 0.382 e. The van der Waals surface area contributed by atoms with Crippen molar-refractivity contribution < 1.29 is 14.3 Å². The minimum atomic E-state index is -0.668. The fourth-order valence-corrected chi connectivity index (χ4v) is 3.01. The van der Waals surface area contributed by atoms with Crippen molar-refractivity contribution in [3.05, 3.63) is 34.2 Å². The normalized spacial score (nSPS) is 20.9. The Labute approximate surface area is 128 Å². The molecule has 1 aromatic rings. The molecule has 2 N–H and O–H groups in total. The third-order valence-electron chi connectivity index (χ3n) is 4.02. The average Bonchev–Trinajstić information content (AvgIpc) is 2.90. The van der Waals surface area contributed by atoms with E-state index in [1.165, 1.54) is 6.07 Å². The lowest BCUT2D eigenvalue weighted by Crippen LogP contribution is -2.53. The maximum absolute atomic E-state index is 12.7. The molecule has 0 spiro atoms. The molecule has 2 rings (SSSR count). The minimum Gasteiger partial charge on any atom is -0.382 e. The van der Waals surface area contributed by atoms with E-state index >= 15 is 0 Å². The first kappa shape index (κ1) is 16.2. The minimum absolute atomic E-state index is 0.140. The number of pyridine rings is 1. The molecule has 2 amide bonds. The summed E-state index contributed by atoms with van der Waals surface area (Å²) in [7, 11) is 3.12. The first-order valence-electron chi connectivity index (χ1n) is 7.23. The van der Waals surface area contributed by atoms with Crippen molar-refractivity contribution >= 4 is 11.8 Å². The fourth-order valence-electron chi connectivity index (χ4n) is 3.01. The number of hydrogen-bond donors (Lipinski definition) is 2. The van der Waals surface area contributed by atoms with Gasteiger partial charge in [-0.1, -0.05) is 6.07 Å². The summed E-state index contributed by atoms with van der Waals surface area (Å²) in [4.78, 5) is 40.2. The van der Waals surface area contributed by atoms with E-state index in [2.05, 4.69) is 10.3 Å². The average molecular weight is 307 g/mol. The van der Waals surface area contributed by atoms with Crippen molar-refractivity contribution in [3.63, 3.8) is 0 Å². The van der Waals surface area contributed by atoms with Gasteiger partial charge in [-0.15, -0.1) is 0 Å². The van der Waals surface area contributed by atoms with E-state index in [1.807, 2.05) is 0 Å². The number of methoxy groups -OCH3 is 1. The molecule has 1 aromatic heterocycles. The van der Waals surface area contributed by atoms with E-state index in [0.717, 1.165) is 6.42 Å².